The topological polar surface area (TPSA) is 174 Å². The predicted molar refractivity (Wildman–Crippen MR) is 151 cm³/mol. The summed E-state index contributed by atoms with van der Waals surface area (Å²) in [6, 6.07) is 6.13. The normalized spacial score (nSPS) is 16.0. The fourth-order valence-electron chi connectivity index (χ4n) is 4.63. The molecule has 0 bridgehead atoms. The van der Waals surface area contributed by atoms with Gasteiger partial charge in [0.2, 0.25) is 0 Å². The smallest absolute Gasteiger partial charge is 0.280 e. The molecule has 1 saturated heterocycles. The highest BCUT2D eigenvalue weighted by Crippen LogP contribution is 2.27. The molecular weight excluding hydrogens is 639 g/mol. The van der Waals surface area contributed by atoms with Gasteiger partial charge in [0, 0.05) is 25.4 Å². The Labute approximate surface area is 240 Å². The largest absolute Gasteiger partial charge is 0.382 e. The molecule has 0 radical (unpaired) electrons. The van der Waals surface area contributed by atoms with Gasteiger partial charge >= 0.3 is 0 Å². The molecule has 4 heterocycles. The van der Waals surface area contributed by atoms with Crippen LogP contribution in [0.15, 0.2) is 46.3 Å². The van der Waals surface area contributed by atoms with Crippen LogP contribution in [0, 0.1) is 15.3 Å². The average molecular weight is 663 g/mol. The van der Waals surface area contributed by atoms with Crippen LogP contribution in [0.1, 0.15) is 39.3 Å². The second-order valence-corrected chi connectivity index (χ2v) is 10.6. The maximum Gasteiger partial charge on any atom is 0.280 e. The van der Waals surface area contributed by atoms with Crippen molar-refractivity contribution in [2.24, 2.45) is 4.99 Å². The molecule has 3 aromatic rings. The Morgan fingerprint density at radius 1 is 1.07 bits per heavy atom. The van der Waals surface area contributed by atoms with Crippen molar-refractivity contribution >= 4 is 52.0 Å². The number of nitrogens with two attached hydrogens (primary N) is 2. The van der Waals surface area contributed by atoms with Crippen LogP contribution >= 0.6 is 22.6 Å². The van der Waals surface area contributed by atoms with Gasteiger partial charge < -0.3 is 26.3 Å². The number of nitrogens with zero attached hydrogens (tertiary/aromatic N) is 5. The van der Waals surface area contributed by atoms with Crippen LogP contribution in [0.25, 0.3) is 0 Å². The lowest BCUT2D eigenvalue weighted by atomic mass is 9.88. The number of nitrogens with one attached hydrogen (secondary N) is 2. The standard InChI is InChI=1S/C25H24F2IN9O3/c26-15-3-1-13(9-16(15)27)10-37-11-14(2-4-17(37)38)23(40)36-7-5-25(6-8-36)12-31-24(35-25)34-22(39)18-20(29)33-21(30)19(28)32-18/h1-4,9,11H,5-8,10,12H2,(H4,29,30,33)(H2,31,34,35,39). The van der Waals surface area contributed by atoms with Gasteiger partial charge in [0.25, 0.3) is 17.4 Å². The summed E-state index contributed by atoms with van der Waals surface area (Å²) in [5.41, 5.74) is 11.3. The van der Waals surface area contributed by atoms with Crippen molar-refractivity contribution in [3.8, 4) is 0 Å². The summed E-state index contributed by atoms with van der Waals surface area (Å²) < 4.78 is 28.5. The number of amides is 2. The van der Waals surface area contributed by atoms with E-state index in [1.54, 1.807) is 4.90 Å². The lowest BCUT2D eigenvalue weighted by Crippen LogP contribution is -2.57. The minimum absolute atomic E-state index is 0.0111. The van der Waals surface area contributed by atoms with Crippen LogP contribution < -0.4 is 27.7 Å². The van der Waals surface area contributed by atoms with Gasteiger partial charge in [0.15, 0.2) is 34.9 Å². The first-order valence-electron chi connectivity index (χ1n) is 12.2. The highest BCUT2D eigenvalue weighted by atomic mass is 127. The Morgan fingerprint density at radius 2 is 1.82 bits per heavy atom. The quantitative estimate of drug-likeness (QED) is 0.301. The Morgan fingerprint density at radius 3 is 2.55 bits per heavy atom. The second-order valence-electron chi connectivity index (χ2n) is 9.58. The number of anilines is 2. The Hall–Kier alpha value is -4.15. The Kier molecular flexibility index (Phi) is 7.39. The number of nitrogen functional groups attached to an aromatic ring is 2. The number of pyridine rings is 1. The maximum atomic E-state index is 13.6. The SMILES string of the molecule is Nc1nc(N)c(C(=O)NC2=NCC3(CCN(C(=O)c4ccc(=O)n(Cc5ccc(F)c(F)c5)c4)CC3)N2)nc1I. The van der Waals surface area contributed by atoms with Crippen molar-refractivity contribution in [3.05, 3.63) is 79.0 Å². The third-order valence-electron chi connectivity index (χ3n) is 6.85. The molecule has 12 nitrogen and oxygen atoms in total. The number of carbonyl (C=O) groups excluding carboxylic acids is 2. The number of guanidine groups is 1. The van der Waals surface area contributed by atoms with Gasteiger partial charge in [-0.05, 0) is 59.2 Å². The van der Waals surface area contributed by atoms with E-state index in [9.17, 15) is 23.2 Å². The van der Waals surface area contributed by atoms with Gasteiger partial charge in [-0.3, -0.25) is 24.7 Å². The van der Waals surface area contributed by atoms with Gasteiger partial charge in [-0.15, -0.1) is 0 Å². The Bertz CT molecular complexity index is 1600. The van der Waals surface area contributed by atoms with Gasteiger partial charge in [-0.1, -0.05) is 6.07 Å². The van der Waals surface area contributed by atoms with Gasteiger partial charge in [0.05, 0.1) is 24.2 Å². The molecule has 2 aromatic heterocycles. The summed E-state index contributed by atoms with van der Waals surface area (Å²) in [7, 11) is 0. The Balaban J connectivity index is 1.19. The number of likely N-dealkylation sites (tertiary alicyclic amines) is 1. The third kappa shape index (κ3) is 5.59. The number of hydrogen-bond acceptors (Lipinski definition) is 9. The number of aromatic nitrogens is 3. The molecule has 0 atom stereocenters. The molecule has 15 heteroatoms. The summed E-state index contributed by atoms with van der Waals surface area (Å²) in [4.78, 5) is 52.4. The molecule has 208 valence electrons. The van der Waals surface area contributed by atoms with E-state index in [1.807, 2.05) is 22.6 Å². The number of carbonyl (C=O) groups is 2. The number of hydrogen-bond donors (Lipinski definition) is 4. The molecule has 40 heavy (non-hydrogen) atoms. The third-order valence-corrected chi connectivity index (χ3v) is 7.64. The van der Waals surface area contributed by atoms with Crippen molar-refractivity contribution < 1.29 is 18.4 Å². The highest BCUT2D eigenvalue weighted by Gasteiger charge is 2.40. The fraction of sp³-hybridized carbons (Fsp3) is 0.280. The molecule has 1 spiro atoms. The van der Waals surface area contributed by atoms with Crippen molar-refractivity contribution in [1.82, 2.24) is 30.1 Å². The summed E-state index contributed by atoms with van der Waals surface area (Å²) >= 11 is 1.86. The molecule has 2 aliphatic heterocycles. The molecule has 2 amide bonds. The molecule has 0 aliphatic carbocycles. The van der Waals surface area contributed by atoms with E-state index >= 15 is 0 Å². The van der Waals surface area contributed by atoms with Gasteiger partial charge in [0.1, 0.15) is 3.70 Å². The zero-order valence-corrected chi connectivity index (χ0v) is 23.1. The molecule has 1 aromatic carbocycles. The molecule has 5 rings (SSSR count). The molecule has 1 fully saturated rings. The minimum atomic E-state index is -1.01. The van der Waals surface area contributed by atoms with Crippen LogP contribution in [0.3, 0.4) is 0 Å². The summed E-state index contributed by atoms with van der Waals surface area (Å²) in [6.45, 7) is 1.23. The van der Waals surface area contributed by atoms with Gasteiger partial charge in [-0.25, -0.2) is 18.7 Å². The second kappa shape index (κ2) is 10.8. The summed E-state index contributed by atoms with van der Waals surface area (Å²) in [5, 5.41) is 5.93. The summed E-state index contributed by atoms with van der Waals surface area (Å²) in [6.07, 6.45) is 2.56. The monoisotopic (exact) mass is 663 g/mol. The lowest BCUT2D eigenvalue weighted by Gasteiger charge is -2.39. The summed E-state index contributed by atoms with van der Waals surface area (Å²) in [5.74, 6) is -2.49. The number of halogens is 3. The van der Waals surface area contributed by atoms with Crippen LogP contribution in [0.4, 0.5) is 20.4 Å². The van der Waals surface area contributed by atoms with E-state index in [-0.39, 0.29) is 41.3 Å². The zero-order valence-electron chi connectivity index (χ0n) is 21.0. The van der Waals surface area contributed by atoms with Crippen molar-refractivity contribution in [2.45, 2.75) is 24.9 Å². The van der Waals surface area contributed by atoms with Gasteiger partial charge in [-0.2, -0.15) is 0 Å². The van der Waals surface area contributed by atoms with Crippen LogP contribution in [0.5, 0.6) is 0 Å². The first kappa shape index (κ1) is 27.4. The highest BCUT2D eigenvalue weighted by molar-refractivity contribution is 14.1. The first-order valence-corrected chi connectivity index (χ1v) is 13.3. The van der Waals surface area contributed by atoms with E-state index in [0.717, 1.165) is 12.1 Å². The molecular formula is C25H24F2IN9O3. The van der Waals surface area contributed by atoms with E-state index in [2.05, 4.69) is 25.6 Å². The van der Waals surface area contributed by atoms with Crippen molar-refractivity contribution in [1.29, 1.82) is 0 Å². The molecule has 0 saturated carbocycles. The minimum Gasteiger partial charge on any atom is -0.382 e. The van der Waals surface area contributed by atoms with E-state index in [0.29, 0.717) is 47.3 Å². The predicted octanol–water partition coefficient (Wildman–Crippen LogP) is 1.10. The van der Waals surface area contributed by atoms with Crippen molar-refractivity contribution in [2.75, 3.05) is 31.1 Å². The first-order chi connectivity index (χ1) is 19.0. The molecule has 6 N–H and O–H groups in total. The average Bonchev–Trinajstić information content (AvgIpc) is 3.31. The number of piperidine rings is 1. The van der Waals surface area contributed by atoms with Crippen LogP contribution in [-0.2, 0) is 6.54 Å². The van der Waals surface area contributed by atoms with Crippen molar-refractivity contribution in [3.63, 3.8) is 0 Å². The van der Waals surface area contributed by atoms with Crippen LogP contribution in [0.2, 0.25) is 0 Å². The molecule has 2 aliphatic rings. The number of rotatable bonds is 4. The zero-order chi connectivity index (χ0) is 28.6. The number of benzene rings is 1. The van der Waals surface area contributed by atoms with Crippen LogP contribution in [-0.4, -0.2) is 62.4 Å². The van der Waals surface area contributed by atoms with E-state index in [1.165, 1.54) is 29.0 Å². The molecule has 0 unspecified atom stereocenters. The maximum absolute atomic E-state index is 13.6. The fourth-order valence-corrected chi connectivity index (χ4v) is 4.99. The van der Waals surface area contributed by atoms with E-state index in [4.69, 9.17) is 11.5 Å². The van der Waals surface area contributed by atoms with E-state index < -0.39 is 23.1 Å². The lowest BCUT2D eigenvalue weighted by molar-refractivity contribution is 0.0667. The number of aliphatic imine (C=N–C) groups is 1.